The number of aromatic nitrogens is 2. The van der Waals surface area contributed by atoms with Crippen molar-refractivity contribution < 1.29 is 0 Å². The highest BCUT2D eigenvalue weighted by Crippen LogP contribution is 2.19. The van der Waals surface area contributed by atoms with Crippen molar-refractivity contribution in [3.05, 3.63) is 75.2 Å². The fourth-order valence-electron chi connectivity index (χ4n) is 2.07. The Morgan fingerprint density at radius 2 is 1.89 bits per heavy atom. The summed E-state index contributed by atoms with van der Waals surface area (Å²) >= 11 is 3.50. The molecule has 4 heteroatoms. The summed E-state index contributed by atoms with van der Waals surface area (Å²) in [7, 11) is 0. The van der Waals surface area contributed by atoms with Crippen molar-refractivity contribution in [2.45, 2.75) is 6.54 Å². The van der Waals surface area contributed by atoms with Gasteiger partial charge < -0.3 is 4.57 Å². The maximum Gasteiger partial charge on any atom is 0.277 e. The van der Waals surface area contributed by atoms with Gasteiger partial charge >= 0.3 is 0 Å². The minimum atomic E-state index is -0.0670. The average Bonchev–Trinajstić information content (AvgIpc) is 2.46. The lowest BCUT2D eigenvalue weighted by atomic mass is 10.2. The Hall–Kier alpha value is -1.94. The van der Waals surface area contributed by atoms with Gasteiger partial charge in [-0.05, 0) is 33.6 Å². The molecular formula is C15H11BrN2O. The van der Waals surface area contributed by atoms with E-state index in [1.807, 2.05) is 48.7 Å². The fraction of sp³-hybridized carbons (Fsp3) is 0.0667. The Morgan fingerprint density at radius 1 is 1.11 bits per heavy atom. The molecule has 0 radical (unpaired) electrons. The third-order valence-electron chi connectivity index (χ3n) is 2.99. The number of benzene rings is 1. The van der Waals surface area contributed by atoms with Gasteiger partial charge in [-0.3, -0.25) is 9.78 Å². The van der Waals surface area contributed by atoms with E-state index in [4.69, 9.17) is 0 Å². The van der Waals surface area contributed by atoms with E-state index >= 15 is 0 Å². The van der Waals surface area contributed by atoms with Crippen molar-refractivity contribution >= 4 is 26.8 Å². The number of nitrogens with zero attached hydrogens (tertiary/aromatic N) is 2. The van der Waals surface area contributed by atoms with Crippen molar-refractivity contribution in [2.75, 3.05) is 0 Å². The van der Waals surface area contributed by atoms with Crippen LogP contribution >= 0.6 is 15.9 Å². The van der Waals surface area contributed by atoms with Crippen LogP contribution < -0.4 is 5.56 Å². The van der Waals surface area contributed by atoms with Gasteiger partial charge in [0, 0.05) is 22.3 Å². The van der Waals surface area contributed by atoms with Crippen LogP contribution in [0.1, 0.15) is 5.56 Å². The molecule has 1 aromatic carbocycles. The van der Waals surface area contributed by atoms with Crippen LogP contribution in [0.3, 0.4) is 0 Å². The van der Waals surface area contributed by atoms with Crippen molar-refractivity contribution in [1.82, 2.24) is 9.55 Å². The lowest BCUT2D eigenvalue weighted by molar-refractivity contribution is 0.763. The predicted molar refractivity (Wildman–Crippen MR) is 79.2 cm³/mol. The molecular weight excluding hydrogens is 304 g/mol. The molecule has 0 fully saturated rings. The molecule has 3 aromatic rings. The van der Waals surface area contributed by atoms with E-state index in [2.05, 4.69) is 20.9 Å². The van der Waals surface area contributed by atoms with Crippen LogP contribution in [-0.4, -0.2) is 9.55 Å². The second kappa shape index (κ2) is 4.97. The summed E-state index contributed by atoms with van der Waals surface area (Å²) in [6.07, 6.45) is 3.46. The third-order valence-corrected chi connectivity index (χ3v) is 3.63. The molecule has 0 unspecified atom stereocenters. The number of pyridine rings is 2. The van der Waals surface area contributed by atoms with E-state index in [0.717, 1.165) is 15.4 Å². The highest BCUT2D eigenvalue weighted by atomic mass is 79.9. The summed E-state index contributed by atoms with van der Waals surface area (Å²) in [5, 5.41) is 0.844. The summed E-state index contributed by atoms with van der Waals surface area (Å²) in [4.78, 5) is 16.5. The van der Waals surface area contributed by atoms with Crippen LogP contribution in [0.4, 0.5) is 0 Å². The molecule has 0 saturated carbocycles. The molecule has 2 heterocycles. The van der Waals surface area contributed by atoms with Gasteiger partial charge in [-0.25, -0.2) is 0 Å². The molecule has 0 aliphatic heterocycles. The molecule has 3 rings (SSSR count). The summed E-state index contributed by atoms with van der Waals surface area (Å²) < 4.78 is 2.56. The Morgan fingerprint density at radius 3 is 2.68 bits per heavy atom. The first-order valence-electron chi connectivity index (χ1n) is 5.93. The van der Waals surface area contributed by atoms with Crippen LogP contribution in [-0.2, 0) is 6.54 Å². The minimum absolute atomic E-state index is 0.0670. The van der Waals surface area contributed by atoms with Gasteiger partial charge in [0.05, 0.1) is 6.54 Å². The Balaban J connectivity index is 2.15. The molecule has 0 aliphatic rings. The zero-order chi connectivity index (χ0) is 13.2. The average molecular weight is 315 g/mol. The van der Waals surface area contributed by atoms with Crippen molar-refractivity contribution in [3.8, 4) is 0 Å². The molecule has 0 saturated heterocycles. The maximum atomic E-state index is 12.4. The van der Waals surface area contributed by atoms with Crippen molar-refractivity contribution in [2.24, 2.45) is 0 Å². The van der Waals surface area contributed by atoms with Crippen LogP contribution in [0.2, 0.25) is 0 Å². The predicted octanol–water partition coefficient (Wildman–Crippen LogP) is 3.21. The maximum absolute atomic E-state index is 12.4. The molecule has 94 valence electrons. The molecule has 0 aliphatic carbocycles. The highest BCUT2D eigenvalue weighted by Gasteiger charge is 2.07. The van der Waals surface area contributed by atoms with Crippen LogP contribution in [0.25, 0.3) is 10.9 Å². The monoisotopic (exact) mass is 314 g/mol. The van der Waals surface area contributed by atoms with E-state index in [1.165, 1.54) is 0 Å². The Labute approximate surface area is 118 Å². The van der Waals surface area contributed by atoms with E-state index in [0.29, 0.717) is 12.1 Å². The van der Waals surface area contributed by atoms with Crippen molar-refractivity contribution in [3.63, 3.8) is 0 Å². The number of hydrogen-bond acceptors (Lipinski definition) is 2. The molecule has 19 heavy (non-hydrogen) atoms. The number of hydrogen-bond donors (Lipinski definition) is 0. The topological polar surface area (TPSA) is 34.9 Å². The molecule has 0 amide bonds. The minimum Gasteiger partial charge on any atom is -0.308 e. The highest BCUT2D eigenvalue weighted by molar-refractivity contribution is 9.10. The summed E-state index contributed by atoms with van der Waals surface area (Å²) in [5.41, 5.74) is 1.52. The molecule has 0 atom stereocenters. The normalized spacial score (nSPS) is 10.8. The summed E-state index contributed by atoms with van der Waals surface area (Å²) in [6, 6.07) is 13.6. The van der Waals surface area contributed by atoms with Gasteiger partial charge in [0.15, 0.2) is 0 Å². The van der Waals surface area contributed by atoms with E-state index in [-0.39, 0.29) is 5.56 Å². The second-order valence-electron chi connectivity index (χ2n) is 4.30. The number of fused-ring (bicyclic) bond motifs is 1. The van der Waals surface area contributed by atoms with Crippen LogP contribution in [0.15, 0.2) is 64.1 Å². The first kappa shape index (κ1) is 12.1. The number of halogens is 1. The standard InChI is InChI=1S/C15H11BrN2O/c16-13-10-18(9-11-5-2-1-3-6-11)15(19)14-12(13)7-4-8-17-14/h1-8,10H,9H2. The smallest absolute Gasteiger partial charge is 0.277 e. The molecule has 0 N–H and O–H groups in total. The van der Waals surface area contributed by atoms with E-state index < -0.39 is 0 Å². The Bertz CT molecular complexity index is 781. The zero-order valence-electron chi connectivity index (χ0n) is 10.1. The first-order valence-corrected chi connectivity index (χ1v) is 6.72. The van der Waals surface area contributed by atoms with Gasteiger partial charge in [0.1, 0.15) is 5.52 Å². The van der Waals surface area contributed by atoms with E-state index in [1.54, 1.807) is 10.8 Å². The van der Waals surface area contributed by atoms with E-state index in [9.17, 15) is 4.79 Å². The first-order chi connectivity index (χ1) is 9.25. The third kappa shape index (κ3) is 2.31. The van der Waals surface area contributed by atoms with Gasteiger partial charge in [-0.1, -0.05) is 30.3 Å². The second-order valence-corrected chi connectivity index (χ2v) is 5.15. The van der Waals surface area contributed by atoms with Gasteiger partial charge in [-0.2, -0.15) is 0 Å². The fourth-order valence-corrected chi connectivity index (χ4v) is 2.63. The SMILES string of the molecule is O=c1c2ncccc2c(Br)cn1Cc1ccccc1. The molecule has 0 spiro atoms. The lowest BCUT2D eigenvalue weighted by Gasteiger charge is -2.08. The van der Waals surface area contributed by atoms with Crippen LogP contribution in [0.5, 0.6) is 0 Å². The lowest BCUT2D eigenvalue weighted by Crippen LogP contribution is -2.21. The van der Waals surface area contributed by atoms with Crippen molar-refractivity contribution in [1.29, 1.82) is 0 Å². The number of rotatable bonds is 2. The van der Waals surface area contributed by atoms with Gasteiger partial charge in [0.2, 0.25) is 0 Å². The molecule has 2 aromatic heterocycles. The zero-order valence-corrected chi connectivity index (χ0v) is 11.7. The molecule has 3 nitrogen and oxygen atoms in total. The summed E-state index contributed by atoms with van der Waals surface area (Å²) in [6.45, 7) is 0.546. The van der Waals surface area contributed by atoms with Crippen LogP contribution in [0, 0.1) is 0 Å². The summed E-state index contributed by atoms with van der Waals surface area (Å²) in [5.74, 6) is 0. The molecule has 0 bridgehead atoms. The largest absolute Gasteiger partial charge is 0.308 e. The quantitative estimate of drug-likeness (QED) is 0.728. The van der Waals surface area contributed by atoms with Gasteiger partial charge in [-0.15, -0.1) is 0 Å². The Kier molecular flexibility index (Phi) is 3.17. The van der Waals surface area contributed by atoms with Gasteiger partial charge in [0.25, 0.3) is 5.56 Å².